The van der Waals surface area contributed by atoms with Crippen molar-refractivity contribution in [1.82, 2.24) is 24.8 Å². The second-order valence-electron chi connectivity index (χ2n) is 6.74. The molecule has 0 aliphatic rings. The summed E-state index contributed by atoms with van der Waals surface area (Å²) in [7, 11) is 3.01. The van der Waals surface area contributed by atoms with E-state index < -0.39 is 6.03 Å². The second-order valence-corrected chi connectivity index (χ2v) is 7.14. The van der Waals surface area contributed by atoms with Gasteiger partial charge in [-0.25, -0.2) is 14.8 Å². The van der Waals surface area contributed by atoms with E-state index in [0.29, 0.717) is 35.3 Å². The average molecular weight is 453 g/mol. The van der Waals surface area contributed by atoms with Gasteiger partial charge in [-0.2, -0.15) is 0 Å². The normalized spacial score (nSPS) is 10.7. The fourth-order valence-corrected chi connectivity index (χ4v) is 3.54. The van der Waals surface area contributed by atoms with Crippen molar-refractivity contribution < 1.29 is 14.3 Å². The van der Waals surface area contributed by atoms with E-state index in [1.807, 2.05) is 28.8 Å². The van der Waals surface area contributed by atoms with Crippen molar-refractivity contribution in [2.75, 3.05) is 26.1 Å². The lowest BCUT2D eigenvalue weighted by Crippen LogP contribution is -2.31. The monoisotopic (exact) mass is 452 g/mol. The van der Waals surface area contributed by atoms with Gasteiger partial charge in [-0.1, -0.05) is 11.6 Å². The number of nitrogens with zero attached hydrogens (tertiary/aromatic N) is 4. The van der Waals surface area contributed by atoms with Gasteiger partial charge >= 0.3 is 6.03 Å². The summed E-state index contributed by atoms with van der Waals surface area (Å²) in [5.41, 5.74) is 2.87. The largest absolute Gasteiger partial charge is 0.495 e. The van der Waals surface area contributed by atoms with E-state index in [0.717, 1.165) is 22.6 Å². The molecule has 164 valence electrons. The van der Waals surface area contributed by atoms with Crippen LogP contribution in [0.2, 0.25) is 5.02 Å². The van der Waals surface area contributed by atoms with E-state index in [4.69, 9.17) is 26.1 Å². The number of anilines is 1. The Bertz CT molecular complexity index is 1250. The number of carbonyl (C=O) groups is 1. The molecule has 0 atom stereocenters. The molecule has 32 heavy (non-hydrogen) atoms. The number of benzene rings is 1. The van der Waals surface area contributed by atoms with E-state index in [2.05, 4.69) is 20.6 Å². The van der Waals surface area contributed by atoms with E-state index in [9.17, 15) is 4.79 Å². The summed E-state index contributed by atoms with van der Waals surface area (Å²) in [6.07, 6.45) is 5.15. The molecule has 2 N–H and O–H groups in total. The fraction of sp³-hybridized carbons (Fsp3) is 0.182. The van der Waals surface area contributed by atoms with Gasteiger partial charge in [0.25, 0.3) is 0 Å². The molecule has 0 saturated heterocycles. The van der Waals surface area contributed by atoms with Gasteiger partial charge in [-0.15, -0.1) is 0 Å². The molecule has 4 rings (SSSR count). The third kappa shape index (κ3) is 4.42. The molecule has 9 nitrogen and oxygen atoms in total. The molecule has 0 spiro atoms. The quantitative estimate of drug-likeness (QED) is 0.439. The van der Waals surface area contributed by atoms with Crippen LogP contribution in [-0.4, -0.2) is 46.3 Å². The Morgan fingerprint density at radius 2 is 1.88 bits per heavy atom. The SMILES string of the molecule is COc1cc(OC)c(NC(=O)NCCn2c(-c3ccncc3)nc3cccnc32)cc1Cl. The molecular weight excluding hydrogens is 432 g/mol. The van der Waals surface area contributed by atoms with Crippen molar-refractivity contribution in [2.45, 2.75) is 6.54 Å². The first-order valence-electron chi connectivity index (χ1n) is 9.78. The van der Waals surface area contributed by atoms with Crippen LogP contribution in [0, 0.1) is 0 Å². The van der Waals surface area contributed by atoms with Crippen LogP contribution in [0.15, 0.2) is 55.0 Å². The standard InChI is InChI=1S/C22H21ClN6O3/c1-31-18-13-19(32-2)17(12-15(18)23)28-22(30)26-10-11-29-20(14-5-8-24-9-6-14)27-16-4-3-7-25-21(16)29/h3-9,12-13H,10-11H2,1-2H3,(H2,26,28,30). The molecule has 0 fully saturated rings. The Labute approximate surface area is 189 Å². The van der Waals surface area contributed by atoms with Gasteiger partial charge in [0.05, 0.1) is 24.9 Å². The van der Waals surface area contributed by atoms with Gasteiger partial charge in [0.1, 0.15) is 22.8 Å². The lowest BCUT2D eigenvalue weighted by atomic mass is 10.2. The van der Waals surface area contributed by atoms with Gasteiger partial charge in [0, 0.05) is 43.3 Å². The van der Waals surface area contributed by atoms with Gasteiger partial charge < -0.3 is 24.7 Å². The summed E-state index contributed by atoms with van der Waals surface area (Å²) in [4.78, 5) is 25.7. The Morgan fingerprint density at radius 1 is 1.09 bits per heavy atom. The highest BCUT2D eigenvalue weighted by Crippen LogP contribution is 2.35. The molecule has 2 amide bonds. The molecule has 0 unspecified atom stereocenters. The lowest BCUT2D eigenvalue weighted by molar-refractivity contribution is 0.251. The summed E-state index contributed by atoms with van der Waals surface area (Å²) < 4.78 is 12.5. The summed E-state index contributed by atoms with van der Waals surface area (Å²) in [6.45, 7) is 0.817. The zero-order chi connectivity index (χ0) is 22.5. The number of hydrogen-bond acceptors (Lipinski definition) is 6. The molecule has 0 radical (unpaired) electrons. The van der Waals surface area contributed by atoms with Gasteiger partial charge in [-0.05, 0) is 30.3 Å². The van der Waals surface area contributed by atoms with Crippen LogP contribution in [0.25, 0.3) is 22.6 Å². The molecule has 0 aliphatic heterocycles. The number of carbonyl (C=O) groups excluding carboxylic acids is 1. The molecule has 3 aromatic heterocycles. The highest BCUT2D eigenvalue weighted by atomic mass is 35.5. The van der Waals surface area contributed by atoms with Crippen LogP contribution in [0.3, 0.4) is 0 Å². The van der Waals surface area contributed by atoms with Crippen LogP contribution < -0.4 is 20.1 Å². The van der Waals surface area contributed by atoms with Crippen molar-refractivity contribution in [2.24, 2.45) is 0 Å². The number of fused-ring (bicyclic) bond motifs is 1. The number of amides is 2. The van der Waals surface area contributed by atoms with Gasteiger partial charge in [0.15, 0.2) is 5.65 Å². The molecule has 0 bridgehead atoms. The predicted octanol–water partition coefficient (Wildman–Crippen LogP) is 3.99. The number of urea groups is 1. The molecule has 1 aromatic carbocycles. The number of nitrogens with one attached hydrogen (secondary N) is 2. The van der Waals surface area contributed by atoms with Crippen LogP contribution in [0.4, 0.5) is 10.5 Å². The molecular formula is C22H21ClN6O3. The minimum absolute atomic E-state index is 0.345. The Balaban J connectivity index is 1.48. The average Bonchev–Trinajstić information content (AvgIpc) is 3.18. The first kappa shape index (κ1) is 21.4. The van der Waals surface area contributed by atoms with Crippen LogP contribution in [0.1, 0.15) is 0 Å². The van der Waals surface area contributed by atoms with E-state index in [1.165, 1.54) is 14.2 Å². The van der Waals surface area contributed by atoms with E-state index in [-0.39, 0.29) is 0 Å². The van der Waals surface area contributed by atoms with Crippen LogP contribution >= 0.6 is 11.6 Å². The number of pyridine rings is 2. The first-order chi connectivity index (χ1) is 15.6. The second kappa shape index (κ2) is 9.52. The molecule has 0 saturated carbocycles. The van der Waals surface area contributed by atoms with Crippen molar-refractivity contribution >= 4 is 34.5 Å². The Kier molecular flexibility index (Phi) is 6.37. The maximum atomic E-state index is 12.5. The van der Waals surface area contributed by atoms with Crippen molar-refractivity contribution in [1.29, 1.82) is 0 Å². The minimum Gasteiger partial charge on any atom is -0.495 e. The van der Waals surface area contributed by atoms with Crippen LogP contribution in [0.5, 0.6) is 11.5 Å². The van der Waals surface area contributed by atoms with Crippen molar-refractivity contribution in [3.8, 4) is 22.9 Å². The summed E-state index contributed by atoms with van der Waals surface area (Å²) in [6, 6.07) is 10.3. The summed E-state index contributed by atoms with van der Waals surface area (Å²) in [5, 5.41) is 5.96. The Hall–Kier alpha value is -3.85. The van der Waals surface area contributed by atoms with E-state index in [1.54, 1.807) is 30.7 Å². The zero-order valence-corrected chi connectivity index (χ0v) is 18.3. The van der Waals surface area contributed by atoms with Gasteiger partial charge in [-0.3, -0.25) is 4.98 Å². The highest BCUT2D eigenvalue weighted by Gasteiger charge is 2.15. The topological polar surface area (TPSA) is 103 Å². The van der Waals surface area contributed by atoms with Crippen molar-refractivity contribution in [3.63, 3.8) is 0 Å². The maximum Gasteiger partial charge on any atom is 0.319 e. The molecule has 0 aliphatic carbocycles. The predicted molar refractivity (Wildman–Crippen MR) is 122 cm³/mol. The summed E-state index contributed by atoms with van der Waals surface area (Å²) >= 11 is 6.17. The number of ether oxygens (including phenoxy) is 2. The van der Waals surface area contributed by atoms with E-state index >= 15 is 0 Å². The van der Waals surface area contributed by atoms with Crippen molar-refractivity contribution in [3.05, 3.63) is 60.0 Å². The molecule has 4 aromatic rings. The first-order valence-corrected chi connectivity index (χ1v) is 10.2. The van der Waals surface area contributed by atoms with Gasteiger partial charge in [0.2, 0.25) is 0 Å². The number of methoxy groups -OCH3 is 2. The highest BCUT2D eigenvalue weighted by molar-refractivity contribution is 6.32. The number of halogens is 1. The number of hydrogen-bond donors (Lipinski definition) is 2. The number of imidazole rings is 1. The number of aromatic nitrogens is 4. The molecule has 3 heterocycles. The third-order valence-corrected chi connectivity index (χ3v) is 5.08. The molecule has 10 heteroatoms. The fourth-order valence-electron chi connectivity index (χ4n) is 3.30. The third-order valence-electron chi connectivity index (χ3n) is 4.79. The zero-order valence-electron chi connectivity index (χ0n) is 17.5. The number of rotatable bonds is 7. The summed E-state index contributed by atoms with van der Waals surface area (Å²) in [5.74, 6) is 1.65. The smallest absolute Gasteiger partial charge is 0.319 e. The maximum absolute atomic E-state index is 12.5. The Morgan fingerprint density at radius 3 is 2.62 bits per heavy atom. The van der Waals surface area contributed by atoms with Crippen LogP contribution in [-0.2, 0) is 6.54 Å². The lowest BCUT2D eigenvalue weighted by Gasteiger charge is -2.14. The minimum atomic E-state index is -0.396.